The molecule has 0 unspecified atom stereocenters. The fourth-order valence-corrected chi connectivity index (χ4v) is 9.44. The summed E-state index contributed by atoms with van der Waals surface area (Å²) in [5, 5.41) is 24.5. The average molecular weight is 796 g/mol. The van der Waals surface area contributed by atoms with Crippen LogP contribution in [0.4, 0.5) is 0 Å². The number of allylic oxidation sites excluding steroid dienone is 1. The predicted octanol–water partition coefficient (Wildman–Crippen LogP) is 7.72. The van der Waals surface area contributed by atoms with Gasteiger partial charge in [-0.3, -0.25) is 9.78 Å². The number of methoxy groups -OCH3 is 1. The molecule has 3 aliphatic rings. The van der Waals surface area contributed by atoms with Crippen LogP contribution in [0.25, 0.3) is 0 Å². The van der Waals surface area contributed by atoms with Gasteiger partial charge in [0, 0.05) is 43.4 Å². The van der Waals surface area contributed by atoms with Crippen molar-refractivity contribution in [3.63, 3.8) is 0 Å². The molecule has 0 saturated heterocycles. The monoisotopic (exact) mass is 795 g/mol. The van der Waals surface area contributed by atoms with E-state index >= 15 is 0 Å². The zero-order chi connectivity index (χ0) is 41.1. The maximum absolute atomic E-state index is 14.7. The van der Waals surface area contributed by atoms with Gasteiger partial charge >= 0.3 is 0 Å². The van der Waals surface area contributed by atoms with Gasteiger partial charge in [-0.05, 0) is 104 Å². The number of aromatic nitrogens is 1. The number of carbonyl (C=O) groups excluding carboxylic acids is 1. The third kappa shape index (κ3) is 9.43. The van der Waals surface area contributed by atoms with Gasteiger partial charge in [0.1, 0.15) is 37.0 Å². The third-order valence-electron chi connectivity index (χ3n) is 11.8. The van der Waals surface area contributed by atoms with Crippen molar-refractivity contribution < 1.29 is 38.8 Å². The summed E-state index contributed by atoms with van der Waals surface area (Å²) in [6.45, 7) is 9.30. The van der Waals surface area contributed by atoms with E-state index in [2.05, 4.69) is 30.6 Å². The van der Waals surface area contributed by atoms with Crippen LogP contribution >= 0.6 is 0 Å². The second-order valence-corrected chi connectivity index (χ2v) is 15.6. The molecule has 1 amide bonds. The number of carbonyl (C=O) groups is 1. The third-order valence-corrected chi connectivity index (χ3v) is 11.8. The molecule has 2 heterocycles. The number of fused-ring (bicyclic) bond motifs is 2. The first kappa shape index (κ1) is 42.9. The van der Waals surface area contributed by atoms with Crippen LogP contribution in [-0.2, 0) is 27.4 Å². The summed E-state index contributed by atoms with van der Waals surface area (Å²) in [4.78, 5) is 26.9. The molecule has 6 atom stereocenters. The van der Waals surface area contributed by atoms with Crippen molar-refractivity contribution in [2.45, 2.75) is 96.0 Å². The highest BCUT2D eigenvalue weighted by atomic mass is 16.7. The number of aliphatic hydroxyl groups excluding tert-OH is 2. The standard InChI is InChI=1S/C47H61N3O8/c1-6-22-50(44(53)27-33-15-13-18-36(26-33)54-4)43-30-41(49-55-5)39-28-34(16-8-10-23-51)38(19-9-11-24-52)45-40-29-37(56-31-35-17-12-14-32(3)48-35)20-21-42(40)58-47(43,46(39)45)57-25-7-2/h7,12-15,17-18,20-21,26,28-29,34,38,43,45-46,51-52H,2,6,8-11,16,19,22-25,27,30-31H2,1,3-5H3/t34-,38+,43-,45+,46+,47+/m0/s1. The van der Waals surface area contributed by atoms with Gasteiger partial charge in [-0.1, -0.05) is 55.3 Å². The van der Waals surface area contributed by atoms with Gasteiger partial charge in [-0.15, -0.1) is 6.58 Å². The Morgan fingerprint density at radius 1 is 1.03 bits per heavy atom. The fraction of sp³-hybridized carbons (Fsp3) is 0.511. The van der Waals surface area contributed by atoms with E-state index in [4.69, 9.17) is 28.9 Å². The summed E-state index contributed by atoms with van der Waals surface area (Å²) in [5.74, 6) is 0.408. The molecule has 2 aliphatic carbocycles. The van der Waals surface area contributed by atoms with E-state index in [0.29, 0.717) is 49.7 Å². The summed E-state index contributed by atoms with van der Waals surface area (Å²) < 4.78 is 26.3. The number of hydrogen-bond donors (Lipinski definition) is 2. The summed E-state index contributed by atoms with van der Waals surface area (Å²) in [7, 11) is 3.19. The Labute approximate surface area is 343 Å². The van der Waals surface area contributed by atoms with Crippen LogP contribution in [0.3, 0.4) is 0 Å². The second-order valence-electron chi connectivity index (χ2n) is 15.6. The number of aryl methyl sites for hydroxylation is 1. The van der Waals surface area contributed by atoms with Crippen molar-refractivity contribution in [2.75, 3.05) is 40.6 Å². The Morgan fingerprint density at radius 2 is 1.83 bits per heavy atom. The molecule has 11 heteroatoms. The topological polar surface area (TPSA) is 132 Å². The molecule has 3 aromatic rings. The molecule has 11 nitrogen and oxygen atoms in total. The molecule has 1 saturated carbocycles. The van der Waals surface area contributed by atoms with Gasteiger partial charge in [-0.2, -0.15) is 0 Å². The van der Waals surface area contributed by atoms with E-state index in [-0.39, 0.29) is 49.9 Å². The Hall–Kier alpha value is -4.71. The number of nitrogens with zero attached hydrogens (tertiary/aromatic N) is 3. The molecule has 2 N–H and O–H groups in total. The molecule has 312 valence electrons. The highest BCUT2D eigenvalue weighted by Gasteiger charge is 2.65. The molecular weight excluding hydrogens is 735 g/mol. The smallest absolute Gasteiger partial charge is 0.239 e. The summed E-state index contributed by atoms with van der Waals surface area (Å²) >= 11 is 0. The molecule has 0 bridgehead atoms. The van der Waals surface area contributed by atoms with Crippen molar-refractivity contribution in [2.24, 2.45) is 22.9 Å². The Kier molecular flexibility index (Phi) is 15.0. The lowest BCUT2D eigenvalue weighted by atomic mass is 9.55. The van der Waals surface area contributed by atoms with E-state index in [1.54, 1.807) is 20.3 Å². The number of unbranched alkanes of at least 4 members (excludes halogenated alkanes) is 2. The van der Waals surface area contributed by atoms with E-state index in [1.165, 1.54) is 0 Å². The van der Waals surface area contributed by atoms with Crippen LogP contribution in [0.2, 0.25) is 0 Å². The summed E-state index contributed by atoms with van der Waals surface area (Å²) in [5.41, 5.74) is 5.38. The Morgan fingerprint density at radius 3 is 2.55 bits per heavy atom. The largest absolute Gasteiger partial charge is 0.497 e. The lowest BCUT2D eigenvalue weighted by Crippen LogP contribution is -2.70. The van der Waals surface area contributed by atoms with Crippen LogP contribution in [0.15, 0.2) is 90.1 Å². The normalized spacial score (nSPS) is 23.9. The van der Waals surface area contributed by atoms with Crippen LogP contribution in [0, 0.1) is 24.7 Å². The minimum absolute atomic E-state index is 0.0532. The number of ether oxygens (including phenoxy) is 4. The number of hydrogen-bond acceptors (Lipinski definition) is 10. The quantitative estimate of drug-likeness (QED) is 0.0632. The summed E-state index contributed by atoms with van der Waals surface area (Å²) in [6, 6.07) is 19.0. The second kappa shape index (κ2) is 20.3. The summed E-state index contributed by atoms with van der Waals surface area (Å²) in [6.07, 6.45) is 10.1. The minimum Gasteiger partial charge on any atom is -0.497 e. The van der Waals surface area contributed by atoms with Crippen molar-refractivity contribution in [1.82, 2.24) is 9.88 Å². The molecule has 1 aromatic heterocycles. The van der Waals surface area contributed by atoms with E-state index in [1.807, 2.05) is 66.4 Å². The predicted molar refractivity (Wildman–Crippen MR) is 224 cm³/mol. The first-order valence-corrected chi connectivity index (χ1v) is 20.9. The SMILES string of the molecule is C=CCO[C@@]12Oc3ccc(OCc4cccc(C)n4)cc3[C@H]3[C@H](CCCCO)[C@@H](CCCCO)C=C(C(=NOC)C[C@@H]1N(CCC)C(=O)Cc1cccc(OC)c1)[C@H]32. The van der Waals surface area contributed by atoms with Gasteiger partial charge < -0.3 is 38.9 Å². The van der Waals surface area contributed by atoms with Gasteiger partial charge in [0.05, 0.1) is 37.5 Å². The van der Waals surface area contributed by atoms with Crippen LogP contribution in [-0.4, -0.2) is 84.1 Å². The first-order valence-electron chi connectivity index (χ1n) is 20.9. The van der Waals surface area contributed by atoms with Gasteiger partial charge in [-0.25, -0.2) is 0 Å². The zero-order valence-corrected chi connectivity index (χ0v) is 34.6. The highest BCUT2D eigenvalue weighted by Crippen LogP contribution is 2.62. The molecular formula is C47H61N3O8. The lowest BCUT2D eigenvalue weighted by Gasteiger charge is -2.60. The number of aliphatic hydroxyl groups is 2. The molecule has 0 radical (unpaired) electrons. The number of rotatable bonds is 21. The zero-order valence-electron chi connectivity index (χ0n) is 34.6. The van der Waals surface area contributed by atoms with E-state index < -0.39 is 17.7 Å². The average Bonchev–Trinajstić information content (AvgIpc) is 3.23. The van der Waals surface area contributed by atoms with Crippen LogP contribution < -0.4 is 14.2 Å². The van der Waals surface area contributed by atoms with Crippen molar-refractivity contribution in [1.29, 1.82) is 0 Å². The molecule has 58 heavy (non-hydrogen) atoms. The van der Waals surface area contributed by atoms with Crippen LogP contribution in [0.5, 0.6) is 17.2 Å². The van der Waals surface area contributed by atoms with E-state index in [9.17, 15) is 15.0 Å². The minimum atomic E-state index is -1.32. The van der Waals surface area contributed by atoms with E-state index in [0.717, 1.165) is 65.9 Å². The van der Waals surface area contributed by atoms with Gasteiger partial charge in [0.15, 0.2) is 0 Å². The Bertz CT molecular complexity index is 1910. The fourth-order valence-electron chi connectivity index (χ4n) is 9.44. The van der Waals surface area contributed by atoms with Crippen molar-refractivity contribution >= 4 is 11.6 Å². The van der Waals surface area contributed by atoms with Gasteiger partial charge in [0.2, 0.25) is 11.7 Å². The highest BCUT2D eigenvalue weighted by molar-refractivity contribution is 6.03. The first-order chi connectivity index (χ1) is 28.3. The van der Waals surface area contributed by atoms with Crippen molar-refractivity contribution in [3.05, 3.63) is 107 Å². The van der Waals surface area contributed by atoms with Gasteiger partial charge in [0.25, 0.3) is 0 Å². The number of pyridine rings is 1. The maximum atomic E-state index is 14.7. The molecule has 1 fully saturated rings. The Balaban J connectivity index is 1.53. The number of benzene rings is 2. The molecule has 2 aromatic carbocycles. The molecule has 6 rings (SSSR count). The van der Waals surface area contributed by atoms with Crippen LogP contribution in [0.1, 0.15) is 86.7 Å². The number of oxime groups is 1. The van der Waals surface area contributed by atoms with Crippen molar-refractivity contribution in [3.8, 4) is 17.2 Å². The number of amides is 1. The molecule has 0 spiro atoms. The maximum Gasteiger partial charge on any atom is 0.239 e. The lowest BCUT2D eigenvalue weighted by molar-refractivity contribution is -0.257. The molecule has 1 aliphatic heterocycles.